The Balaban J connectivity index is 1.83. The fraction of sp³-hybridized carbons (Fsp3) is 0.545. The van der Waals surface area contributed by atoms with Crippen molar-refractivity contribution in [2.45, 2.75) is 89.3 Å². The van der Waals surface area contributed by atoms with Crippen molar-refractivity contribution in [1.29, 1.82) is 0 Å². The number of rotatable bonds is 18. The molecule has 6 N–H and O–H groups in total. The lowest BCUT2D eigenvalue weighted by molar-refractivity contribution is -0.146. The van der Waals surface area contributed by atoms with Gasteiger partial charge in [-0.15, -0.1) is 11.6 Å². The second-order valence-corrected chi connectivity index (χ2v) is 12.2. The first-order chi connectivity index (χ1) is 22.4. The van der Waals surface area contributed by atoms with E-state index in [0.717, 1.165) is 16.7 Å². The highest BCUT2D eigenvalue weighted by Gasteiger charge is 2.38. The molecule has 0 saturated carbocycles. The van der Waals surface area contributed by atoms with Crippen LogP contribution in [0.3, 0.4) is 0 Å². The Bertz CT molecular complexity index is 1380. The van der Waals surface area contributed by atoms with E-state index >= 15 is 0 Å². The highest BCUT2D eigenvalue weighted by atomic mass is 35.5. The Hall–Kier alpha value is -4.26. The van der Waals surface area contributed by atoms with Crippen molar-refractivity contribution in [3.63, 3.8) is 0 Å². The normalized spacial score (nSPS) is 17.4. The molecule has 47 heavy (non-hydrogen) atoms. The van der Waals surface area contributed by atoms with Crippen molar-refractivity contribution >= 4 is 58.5 Å². The van der Waals surface area contributed by atoms with E-state index in [9.17, 15) is 38.7 Å². The maximum absolute atomic E-state index is 13.9. The van der Waals surface area contributed by atoms with Crippen LogP contribution in [0.2, 0.25) is 0 Å². The van der Waals surface area contributed by atoms with Crippen LogP contribution in [0, 0.1) is 5.92 Å². The van der Waals surface area contributed by atoms with Crippen molar-refractivity contribution in [3.8, 4) is 0 Å². The van der Waals surface area contributed by atoms with Crippen LogP contribution in [0.15, 0.2) is 30.3 Å². The van der Waals surface area contributed by atoms with Gasteiger partial charge in [0.25, 0.3) is 0 Å². The molecule has 256 valence electrons. The Kier molecular flexibility index (Phi) is 14.4. The fourth-order valence-corrected chi connectivity index (χ4v) is 6.13. The van der Waals surface area contributed by atoms with E-state index in [0.29, 0.717) is 38.6 Å². The van der Waals surface area contributed by atoms with E-state index in [2.05, 4.69) is 16.0 Å². The monoisotopic (exact) mass is 673 g/mol. The van der Waals surface area contributed by atoms with Crippen LogP contribution in [-0.2, 0) is 40.0 Å². The van der Waals surface area contributed by atoms with E-state index in [1.165, 1.54) is 11.8 Å². The van der Waals surface area contributed by atoms with E-state index in [1.54, 1.807) is 0 Å². The van der Waals surface area contributed by atoms with Gasteiger partial charge in [0.2, 0.25) is 29.5 Å². The molecule has 1 fully saturated rings. The van der Waals surface area contributed by atoms with Crippen molar-refractivity contribution in [2.24, 2.45) is 11.7 Å². The van der Waals surface area contributed by atoms with Gasteiger partial charge in [-0.1, -0.05) is 30.3 Å². The summed E-state index contributed by atoms with van der Waals surface area (Å²) in [6.45, 7) is 1.90. The van der Waals surface area contributed by atoms with Gasteiger partial charge < -0.3 is 31.7 Å². The lowest BCUT2D eigenvalue weighted by Gasteiger charge is -2.37. The minimum absolute atomic E-state index is 0.159. The number of fused-ring (bicyclic) bond motifs is 1. The van der Waals surface area contributed by atoms with Gasteiger partial charge in [0, 0.05) is 45.2 Å². The van der Waals surface area contributed by atoms with Crippen LogP contribution in [0.1, 0.15) is 75.8 Å². The number of piperidine rings is 1. The summed E-state index contributed by atoms with van der Waals surface area (Å²) < 4.78 is 0. The third-order valence-electron chi connectivity index (χ3n) is 8.50. The highest BCUT2D eigenvalue weighted by molar-refractivity contribution is 6.27. The summed E-state index contributed by atoms with van der Waals surface area (Å²) in [5, 5.41) is 17.2. The molecular weight excluding hydrogens is 630 g/mol. The first kappa shape index (κ1) is 37.2. The van der Waals surface area contributed by atoms with Crippen LogP contribution in [0.4, 0.5) is 0 Å². The van der Waals surface area contributed by atoms with Gasteiger partial charge in [-0.3, -0.25) is 33.6 Å². The number of nitrogens with zero attached hydrogens (tertiary/aromatic N) is 1. The molecule has 5 amide bonds. The molecule has 0 aromatic heterocycles. The second-order valence-electron chi connectivity index (χ2n) is 12.0. The number of ketones is 1. The van der Waals surface area contributed by atoms with Crippen LogP contribution in [0.5, 0.6) is 0 Å². The molecule has 14 heteroatoms. The molecule has 13 nitrogen and oxygen atoms in total. The molecule has 1 aliphatic heterocycles. The van der Waals surface area contributed by atoms with Gasteiger partial charge >= 0.3 is 5.97 Å². The average molecular weight is 674 g/mol. The molecule has 1 aliphatic carbocycles. The molecule has 0 bridgehead atoms. The Labute approximate surface area is 279 Å². The number of amides is 5. The minimum atomic E-state index is -1.20. The number of Topliss-reactive ketones (excluding diaryl/α,β-unsaturated/α-hetero) is 1. The molecular formula is C33H44ClN5O8. The molecule has 1 aromatic rings. The standard InChI is InChI=1S/C33H44ClN5O8/c1-20(40)36-15-6-8-23(31(35)45)18-28(41)26(17-22-12-11-21-7-2-3-9-24(21)22)38-32(46)27-10-4-5-16-39(27)33(47)25(13-14-30(43)44)37-29(42)19-34/h2-3,7,9,12,23,25-27H,4-6,8,10-11,13-19H2,1H3,(H2,35,45)(H,36,40)(H,37,42)(H,38,46)(H,43,44)/t23-,25+,26+,27+/m1/s1. The van der Waals surface area contributed by atoms with Crippen LogP contribution < -0.4 is 21.7 Å². The van der Waals surface area contributed by atoms with Crippen molar-refractivity contribution in [1.82, 2.24) is 20.9 Å². The predicted molar refractivity (Wildman–Crippen MR) is 174 cm³/mol. The number of carbonyl (C=O) groups is 7. The Morgan fingerprint density at radius 1 is 1.04 bits per heavy atom. The smallest absolute Gasteiger partial charge is 0.303 e. The zero-order valence-electron chi connectivity index (χ0n) is 26.6. The summed E-state index contributed by atoms with van der Waals surface area (Å²) in [6.07, 6.45) is 4.25. The predicted octanol–water partition coefficient (Wildman–Crippen LogP) is 1.45. The summed E-state index contributed by atoms with van der Waals surface area (Å²) in [5.74, 6) is -5.47. The third kappa shape index (κ3) is 11.2. The van der Waals surface area contributed by atoms with Crippen molar-refractivity contribution in [2.75, 3.05) is 19.0 Å². The summed E-state index contributed by atoms with van der Waals surface area (Å²) >= 11 is 5.62. The largest absolute Gasteiger partial charge is 0.481 e. The van der Waals surface area contributed by atoms with Gasteiger partial charge in [0.05, 0.1) is 6.04 Å². The lowest BCUT2D eigenvalue weighted by atomic mass is 9.89. The summed E-state index contributed by atoms with van der Waals surface area (Å²) in [5.41, 5.74) is 8.56. The highest BCUT2D eigenvalue weighted by Crippen LogP contribution is 2.31. The maximum atomic E-state index is 13.9. The number of allylic oxidation sites excluding steroid dienone is 1. The van der Waals surface area contributed by atoms with Gasteiger partial charge in [0.1, 0.15) is 18.0 Å². The Morgan fingerprint density at radius 3 is 2.47 bits per heavy atom. The van der Waals surface area contributed by atoms with E-state index in [-0.39, 0.29) is 44.6 Å². The number of halogens is 1. The summed E-state index contributed by atoms with van der Waals surface area (Å²) in [7, 11) is 0. The molecule has 2 aliphatic rings. The second kappa shape index (κ2) is 18.2. The number of benzene rings is 1. The number of hydrogen-bond donors (Lipinski definition) is 5. The number of likely N-dealkylation sites (tertiary alicyclic amines) is 1. The Morgan fingerprint density at radius 2 is 1.79 bits per heavy atom. The van der Waals surface area contributed by atoms with E-state index in [4.69, 9.17) is 17.3 Å². The first-order valence-corrected chi connectivity index (χ1v) is 16.5. The fourth-order valence-electron chi connectivity index (χ4n) is 6.05. The molecule has 0 radical (unpaired) electrons. The number of carboxylic acids is 1. The zero-order valence-corrected chi connectivity index (χ0v) is 27.4. The molecule has 1 saturated heterocycles. The number of aliphatic carboxylic acids is 1. The van der Waals surface area contributed by atoms with Crippen molar-refractivity contribution in [3.05, 3.63) is 41.5 Å². The van der Waals surface area contributed by atoms with Crippen LogP contribution >= 0.6 is 11.6 Å². The average Bonchev–Trinajstić information content (AvgIpc) is 3.45. The quantitative estimate of drug-likeness (QED) is 0.114. The van der Waals surface area contributed by atoms with Gasteiger partial charge in [-0.2, -0.15) is 0 Å². The molecule has 0 spiro atoms. The van der Waals surface area contributed by atoms with Gasteiger partial charge in [-0.05, 0) is 61.6 Å². The molecule has 0 unspecified atom stereocenters. The molecule has 1 aromatic carbocycles. The van der Waals surface area contributed by atoms with Gasteiger partial charge in [0.15, 0.2) is 5.78 Å². The number of alkyl halides is 1. The maximum Gasteiger partial charge on any atom is 0.303 e. The molecule has 1 heterocycles. The molecule has 3 rings (SSSR count). The third-order valence-corrected chi connectivity index (χ3v) is 8.75. The summed E-state index contributed by atoms with van der Waals surface area (Å²) in [6, 6.07) is 4.54. The minimum Gasteiger partial charge on any atom is -0.481 e. The van der Waals surface area contributed by atoms with Crippen LogP contribution in [0.25, 0.3) is 5.57 Å². The lowest BCUT2D eigenvalue weighted by Crippen LogP contribution is -2.59. The van der Waals surface area contributed by atoms with Gasteiger partial charge in [-0.25, -0.2) is 0 Å². The number of nitrogens with two attached hydrogens (primary N) is 1. The number of carboxylic acid groups (broad SMARTS) is 1. The number of primary amides is 1. The topological polar surface area (TPSA) is 205 Å². The van der Waals surface area contributed by atoms with Crippen molar-refractivity contribution < 1.29 is 38.7 Å². The van der Waals surface area contributed by atoms with Crippen LogP contribution in [-0.4, -0.2) is 88.4 Å². The van der Waals surface area contributed by atoms with E-state index < -0.39 is 65.3 Å². The first-order valence-electron chi connectivity index (χ1n) is 15.9. The van der Waals surface area contributed by atoms with E-state index in [1.807, 2.05) is 30.3 Å². The SMILES string of the molecule is CC(=O)NCCC[C@H](CC(=O)[C@H](CC1=CCc2ccccc21)NC(=O)[C@@H]1CCCCN1C(=O)[C@H](CCC(=O)O)NC(=O)CCl)C(N)=O. The summed E-state index contributed by atoms with van der Waals surface area (Å²) in [4.78, 5) is 89.5. The molecule has 4 atom stereocenters. The zero-order chi connectivity index (χ0) is 34.5. The number of nitrogens with one attached hydrogen (secondary N) is 3. The number of hydrogen-bond acceptors (Lipinski definition) is 7. The number of carbonyl (C=O) groups excluding carboxylic acids is 6.